The molecule has 2 atom stereocenters. The molecule has 5 N–H and O–H groups in total. The minimum absolute atomic E-state index is 0.0366. The van der Waals surface area contributed by atoms with Gasteiger partial charge in [0.15, 0.2) is 0 Å². The highest BCUT2D eigenvalue weighted by atomic mass is 35.5. The predicted octanol–water partition coefficient (Wildman–Crippen LogP) is 2.38. The lowest BCUT2D eigenvalue weighted by atomic mass is 9.43. The van der Waals surface area contributed by atoms with Gasteiger partial charge in [0.05, 0.1) is 6.54 Å². The van der Waals surface area contributed by atoms with Crippen molar-refractivity contribution in [3.8, 4) is 0 Å². The molecule has 5 rings (SSSR count). The van der Waals surface area contributed by atoms with Crippen LogP contribution >= 0.6 is 23.2 Å². The lowest BCUT2D eigenvalue weighted by Crippen LogP contribution is -2.60. The maximum Gasteiger partial charge on any atom is 0.291 e. The number of halogens is 3. The molecule has 4 amide bonds. The van der Waals surface area contributed by atoms with Crippen LogP contribution in [0.3, 0.4) is 0 Å². The van der Waals surface area contributed by atoms with E-state index < -0.39 is 35.3 Å². The zero-order valence-electron chi connectivity index (χ0n) is 18.1. The van der Waals surface area contributed by atoms with Gasteiger partial charge in [-0.25, -0.2) is 9.40 Å². The van der Waals surface area contributed by atoms with Crippen LogP contribution in [0, 0.1) is 11.3 Å². The summed E-state index contributed by atoms with van der Waals surface area (Å²) in [5, 5.41) is 4.60. The van der Waals surface area contributed by atoms with Crippen LogP contribution in [0.5, 0.6) is 0 Å². The average Bonchev–Trinajstić information content (AvgIpc) is 3.14. The molecule has 0 aliphatic heterocycles. The van der Waals surface area contributed by atoms with Gasteiger partial charge in [-0.15, -0.1) is 0 Å². The topological polar surface area (TPSA) is 137 Å². The Balaban J connectivity index is 1.50. The second-order valence-electron chi connectivity index (χ2n) is 9.11. The number of hydrogen-bond donors (Lipinski definition) is 4. The van der Waals surface area contributed by atoms with Crippen molar-refractivity contribution < 1.29 is 23.6 Å². The molecule has 182 valence electrons. The van der Waals surface area contributed by atoms with E-state index in [1.165, 1.54) is 0 Å². The molecule has 2 bridgehead atoms. The van der Waals surface area contributed by atoms with Crippen LogP contribution in [0.4, 0.5) is 4.39 Å². The minimum Gasteiger partial charge on any atom is -0.370 e. The summed E-state index contributed by atoms with van der Waals surface area (Å²) in [5.74, 6) is -2.56. The third-order valence-corrected chi connectivity index (χ3v) is 6.95. The number of H-pyrrole nitrogens is 1. The normalized spacial score (nSPS) is 22.1. The smallest absolute Gasteiger partial charge is 0.291 e. The Morgan fingerprint density at radius 1 is 1.24 bits per heavy atom. The molecule has 3 aliphatic carbocycles. The second-order valence-corrected chi connectivity index (χ2v) is 9.93. The highest BCUT2D eigenvalue weighted by Gasteiger charge is 2.57. The summed E-state index contributed by atoms with van der Waals surface area (Å²) in [6.07, 6.45) is 2.96. The van der Waals surface area contributed by atoms with E-state index in [0.29, 0.717) is 27.9 Å². The van der Waals surface area contributed by atoms with Gasteiger partial charge in [-0.2, -0.15) is 0 Å². The van der Waals surface area contributed by atoms with E-state index in [4.69, 9.17) is 28.9 Å². The Morgan fingerprint density at radius 2 is 1.94 bits per heavy atom. The molecule has 3 saturated carbocycles. The van der Waals surface area contributed by atoms with Crippen LogP contribution in [-0.2, 0) is 14.4 Å². The van der Waals surface area contributed by atoms with Gasteiger partial charge in [0.2, 0.25) is 5.91 Å². The molecule has 0 saturated heterocycles. The standard InChI is InChI=1S/C22H24Cl2FN5O4/c23-13-1-2-14-12(5-13)6-15(27-14)19(32)28-16(10-22-7-11(8-22)9-22)20(33)29-30(4-3-17(26)31)21(34)18(24)25/h1-2,5-6,11,16,18,27H,3-4,7-10H2,(H2,26,31)(H,28,32)(H,29,33). The number of hydrazine groups is 1. The van der Waals surface area contributed by atoms with Gasteiger partial charge in [0.1, 0.15) is 11.7 Å². The van der Waals surface area contributed by atoms with Crippen molar-refractivity contribution in [2.75, 3.05) is 6.54 Å². The highest BCUT2D eigenvalue weighted by Crippen LogP contribution is 2.66. The zero-order valence-corrected chi connectivity index (χ0v) is 19.6. The summed E-state index contributed by atoms with van der Waals surface area (Å²) in [4.78, 5) is 52.3. The summed E-state index contributed by atoms with van der Waals surface area (Å²) in [6.45, 7) is -0.357. The molecule has 9 nitrogen and oxygen atoms in total. The van der Waals surface area contributed by atoms with Crippen LogP contribution < -0.4 is 16.5 Å². The van der Waals surface area contributed by atoms with Crippen LogP contribution in [0.2, 0.25) is 5.02 Å². The van der Waals surface area contributed by atoms with Crippen LogP contribution in [-0.4, -0.2) is 51.8 Å². The lowest BCUT2D eigenvalue weighted by Gasteiger charge is -2.63. The summed E-state index contributed by atoms with van der Waals surface area (Å²) in [6, 6.07) is 5.76. The summed E-state index contributed by atoms with van der Waals surface area (Å²) in [7, 11) is 0. The number of benzene rings is 1. The van der Waals surface area contributed by atoms with Crippen molar-refractivity contribution in [1.29, 1.82) is 0 Å². The van der Waals surface area contributed by atoms with Gasteiger partial charge in [0.25, 0.3) is 23.4 Å². The quantitative estimate of drug-likeness (QED) is 0.303. The minimum atomic E-state index is -2.42. The molecule has 2 unspecified atom stereocenters. The van der Waals surface area contributed by atoms with E-state index in [9.17, 15) is 23.6 Å². The summed E-state index contributed by atoms with van der Waals surface area (Å²) in [5.41, 5.74) is 5.89. The molecular weight excluding hydrogens is 488 g/mol. The average molecular weight is 512 g/mol. The molecule has 2 aromatic rings. The highest BCUT2D eigenvalue weighted by molar-refractivity contribution is 6.31. The van der Waals surface area contributed by atoms with E-state index in [1.54, 1.807) is 24.3 Å². The fraction of sp³-hybridized carbons (Fsp3) is 0.455. The molecule has 3 aliphatic rings. The Hall–Kier alpha value is -2.85. The van der Waals surface area contributed by atoms with Crippen LogP contribution in [0.1, 0.15) is 42.6 Å². The number of primary amides is 1. The van der Waals surface area contributed by atoms with E-state index in [1.807, 2.05) is 0 Å². The third kappa shape index (κ3) is 5.12. The van der Waals surface area contributed by atoms with Crippen molar-refractivity contribution >= 4 is 57.7 Å². The number of carbonyl (C=O) groups excluding carboxylic acids is 4. The summed E-state index contributed by atoms with van der Waals surface area (Å²) >= 11 is 11.3. The number of amides is 4. The first-order valence-corrected chi connectivity index (χ1v) is 11.6. The molecule has 0 radical (unpaired) electrons. The maximum absolute atomic E-state index is 13.4. The zero-order chi connectivity index (χ0) is 24.6. The largest absolute Gasteiger partial charge is 0.370 e. The van der Waals surface area contributed by atoms with Crippen molar-refractivity contribution in [1.82, 2.24) is 20.7 Å². The maximum atomic E-state index is 13.4. The third-order valence-electron chi connectivity index (χ3n) is 6.53. The molecule has 1 aromatic carbocycles. The Bertz CT molecular complexity index is 1140. The van der Waals surface area contributed by atoms with Crippen molar-refractivity contribution in [2.45, 2.75) is 43.8 Å². The number of hydrogen-bond acceptors (Lipinski definition) is 4. The molecule has 3 fully saturated rings. The number of nitrogens with two attached hydrogens (primary N) is 1. The van der Waals surface area contributed by atoms with Gasteiger partial charge in [0, 0.05) is 22.3 Å². The number of rotatable bonds is 9. The fourth-order valence-electron chi connectivity index (χ4n) is 4.78. The molecule has 1 aromatic heterocycles. The van der Waals surface area contributed by atoms with E-state index in [0.717, 1.165) is 24.6 Å². The van der Waals surface area contributed by atoms with Gasteiger partial charge < -0.3 is 16.0 Å². The SMILES string of the molecule is NC(=O)CCN(NC(=O)C(CC12CC(C1)C2)NC(=O)c1cc2cc(Cl)ccc2[nH]1)C(=O)C(F)Cl. The lowest BCUT2D eigenvalue weighted by molar-refractivity contribution is -0.148. The molecule has 1 heterocycles. The molecule has 0 spiro atoms. The second kappa shape index (κ2) is 9.42. The van der Waals surface area contributed by atoms with Crippen LogP contribution in [0.25, 0.3) is 10.9 Å². The number of fused-ring (bicyclic) bond motifs is 1. The molecule has 34 heavy (non-hydrogen) atoms. The Kier molecular flexibility index (Phi) is 6.73. The Morgan fingerprint density at radius 3 is 2.53 bits per heavy atom. The first-order chi connectivity index (χ1) is 16.0. The monoisotopic (exact) mass is 511 g/mol. The van der Waals surface area contributed by atoms with Gasteiger partial charge in [-0.1, -0.05) is 23.2 Å². The van der Waals surface area contributed by atoms with Gasteiger partial charge >= 0.3 is 0 Å². The Labute approximate surface area is 204 Å². The van der Waals surface area contributed by atoms with E-state index in [2.05, 4.69) is 15.7 Å². The molecular formula is C22H24Cl2FN5O4. The summed E-state index contributed by atoms with van der Waals surface area (Å²) < 4.78 is 13.4. The van der Waals surface area contributed by atoms with Crippen LogP contribution in [0.15, 0.2) is 24.3 Å². The van der Waals surface area contributed by atoms with E-state index in [-0.39, 0.29) is 24.1 Å². The van der Waals surface area contributed by atoms with Gasteiger partial charge in [-0.05, 0) is 61.3 Å². The number of nitrogens with one attached hydrogen (secondary N) is 3. The first-order valence-electron chi connectivity index (χ1n) is 10.8. The van der Waals surface area contributed by atoms with Crippen molar-refractivity contribution in [3.63, 3.8) is 0 Å². The van der Waals surface area contributed by atoms with Crippen molar-refractivity contribution in [3.05, 3.63) is 35.0 Å². The number of aromatic nitrogens is 1. The predicted molar refractivity (Wildman–Crippen MR) is 123 cm³/mol. The fourth-order valence-corrected chi connectivity index (χ4v) is 5.08. The number of aromatic amines is 1. The number of carbonyl (C=O) groups is 4. The van der Waals surface area contributed by atoms with Crippen molar-refractivity contribution in [2.24, 2.45) is 17.1 Å². The number of alkyl halides is 2. The first kappa shape index (κ1) is 24.3. The van der Waals surface area contributed by atoms with E-state index >= 15 is 0 Å². The number of nitrogens with zero attached hydrogens (tertiary/aromatic N) is 1. The van der Waals surface area contributed by atoms with Gasteiger partial charge in [-0.3, -0.25) is 24.6 Å². The molecule has 12 heteroatoms.